The first-order valence-electron chi connectivity index (χ1n) is 6.72. The zero-order valence-corrected chi connectivity index (χ0v) is 10.9. The monoisotopic (exact) mass is 255 g/mol. The summed E-state index contributed by atoms with van der Waals surface area (Å²) in [5, 5.41) is 7.51. The summed E-state index contributed by atoms with van der Waals surface area (Å²) in [4.78, 5) is 16.3. The minimum Gasteiger partial charge on any atom is -0.380 e. The molecule has 98 valence electrons. The van der Waals surface area contributed by atoms with E-state index in [1.165, 1.54) is 0 Å². The average Bonchev–Trinajstić information content (AvgIpc) is 2.57. The average molecular weight is 255 g/mol. The van der Waals surface area contributed by atoms with Crippen molar-refractivity contribution < 1.29 is 4.79 Å². The van der Waals surface area contributed by atoms with Crippen LogP contribution >= 0.6 is 0 Å². The molecule has 0 saturated heterocycles. The zero-order valence-electron chi connectivity index (χ0n) is 10.9. The molecule has 2 N–H and O–H groups in total. The summed E-state index contributed by atoms with van der Waals surface area (Å²) in [6.45, 7) is 2.13. The highest BCUT2D eigenvalue weighted by Crippen LogP contribution is 2.33. The normalized spacial score (nSPS) is 18.4. The SMILES string of the molecule is CCCC1CC(=O)Nc2cnc3ccccc3c2N1. The van der Waals surface area contributed by atoms with Crippen LogP contribution in [-0.2, 0) is 4.79 Å². The first-order valence-corrected chi connectivity index (χ1v) is 6.72. The molecule has 4 nitrogen and oxygen atoms in total. The number of nitrogens with zero attached hydrogens (tertiary/aromatic N) is 1. The molecule has 2 heterocycles. The number of carbonyl (C=O) groups is 1. The van der Waals surface area contributed by atoms with Crippen molar-refractivity contribution >= 4 is 28.2 Å². The molecule has 0 radical (unpaired) electrons. The molecule has 2 aromatic rings. The van der Waals surface area contributed by atoms with E-state index in [4.69, 9.17) is 0 Å². The van der Waals surface area contributed by atoms with Crippen molar-refractivity contribution in [3.63, 3.8) is 0 Å². The van der Waals surface area contributed by atoms with E-state index in [2.05, 4.69) is 22.5 Å². The fourth-order valence-corrected chi connectivity index (χ4v) is 2.59. The highest BCUT2D eigenvalue weighted by molar-refractivity contribution is 6.04. The smallest absolute Gasteiger partial charge is 0.226 e. The molecular formula is C15H17N3O. The molecule has 0 spiro atoms. The van der Waals surface area contributed by atoms with Crippen molar-refractivity contribution in [2.75, 3.05) is 10.6 Å². The second kappa shape index (κ2) is 4.88. The van der Waals surface area contributed by atoms with Crippen LogP contribution in [-0.4, -0.2) is 16.9 Å². The van der Waals surface area contributed by atoms with Gasteiger partial charge in [0.25, 0.3) is 0 Å². The third-order valence-electron chi connectivity index (χ3n) is 3.47. The molecule has 4 heteroatoms. The van der Waals surface area contributed by atoms with Crippen LogP contribution in [0.3, 0.4) is 0 Å². The largest absolute Gasteiger partial charge is 0.380 e. The van der Waals surface area contributed by atoms with Crippen LogP contribution in [0.15, 0.2) is 30.5 Å². The Morgan fingerprint density at radius 2 is 2.21 bits per heavy atom. The van der Waals surface area contributed by atoms with E-state index in [1.807, 2.05) is 24.3 Å². The molecule has 1 unspecified atom stereocenters. The Morgan fingerprint density at radius 3 is 3.05 bits per heavy atom. The first-order chi connectivity index (χ1) is 9.28. The predicted octanol–water partition coefficient (Wildman–Crippen LogP) is 3.16. The molecule has 3 rings (SSSR count). The number of pyridine rings is 1. The lowest BCUT2D eigenvalue weighted by atomic mass is 10.1. The van der Waals surface area contributed by atoms with Gasteiger partial charge in [0.2, 0.25) is 5.91 Å². The van der Waals surface area contributed by atoms with E-state index in [0.29, 0.717) is 6.42 Å². The summed E-state index contributed by atoms with van der Waals surface area (Å²) in [5.74, 6) is 0.0572. The van der Waals surface area contributed by atoms with E-state index in [0.717, 1.165) is 35.1 Å². The molecule has 0 fully saturated rings. The lowest BCUT2D eigenvalue weighted by molar-refractivity contribution is -0.116. The maximum Gasteiger partial charge on any atom is 0.226 e. The van der Waals surface area contributed by atoms with Gasteiger partial charge in [0.05, 0.1) is 23.1 Å². The molecular weight excluding hydrogens is 238 g/mol. The fourth-order valence-electron chi connectivity index (χ4n) is 2.59. The van der Waals surface area contributed by atoms with Gasteiger partial charge < -0.3 is 10.6 Å². The first kappa shape index (κ1) is 12.0. The van der Waals surface area contributed by atoms with Gasteiger partial charge in [0.1, 0.15) is 0 Å². The molecule has 1 atom stereocenters. The third-order valence-corrected chi connectivity index (χ3v) is 3.47. The number of hydrogen-bond acceptors (Lipinski definition) is 3. The van der Waals surface area contributed by atoms with E-state index in [1.54, 1.807) is 6.20 Å². The number of anilines is 2. The molecule has 1 aliphatic heterocycles. The Bertz CT molecular complexity index is 624. The van der Waals surface area contributed by atoms with Crippen molar-refractivity contribution in [2.24, 2.45) is 0 Å². The number of fused-ring (bicyclic) bond motifs is 3. The van der Waals surface area contributed by atoms with Crippen LogP contribution in [0.25, 0.3) is 10.9 Å². The van der Waals surface area contributed by atoms with Gasteiger partial charge in [0, 0.05) is 17.8 Å². The number of amides is 1. The van der Waals surface area contributed by atoms with E-state index in [9.17, 15) is 4.79 Å². The van der Waals surface area contributed by atoms with Gasteiger partial charge in [-0.1, -0.05) is 31.5 Å². The summed E-state index contributed by atoms with van der Waals surface area (Å²) in [6.07, 6.45) is 4.29. The van der Waals surface area contributed by atoms with Gasteiger partial charge in [-0.3, -0.25) is 9.78 Å². The molecule has 1 aromatic carbocycles. The highest BCUT2D eigenvalue weighted by Gasteiger charge is 2.21. The molecule has 1 amide bonds. The van der Waals surface area contributed by atoms with Crippen LogP contribution in [0.1, 0.15) is 26.2 Å². The van der Waals surface area contributed by atoms with Crippen LogP contribution in [0.2, 0.25) is 0 Å². The van der Waals surface area contributed by atoms with Crippen LogP contribution in [0, 0.1) is 0 Å². The van der Waals surface area contributed by atoms with Crippen molar-refractivity contribution in [3.05, 3.63) is 30.5 Å². The van der Waals surface area contributed by atoms with Gasteiger partial charge in [-0.15, -0.1) is 0 Å². The molecule has 0 aliphatic carbocycles. The van der Waals surface area contributed by atoms with E-state index < -0.39 is 0 Å². The van der Waals surface area contributed by atoms with Gasteiger partial charge in [-0.25, -0.2) is 0 Å². The Morgan fingerprint density at radius 1 is 1.37 bits per heavy atom. The summed E-state index contributed by atoms with van der Waals surface area (Å²) in [7, 11) is 0. The molecule has 1 aromatic heterocycles. The minimum absolute atomic E-state index is 0.0572. The number of nitrogens with one attached hydrogen (secondary N) is 2. The number of hydrogen-bond donors (Lipinski definition) is 2. The second-order valence-electron chi connectivity index (χ2n) is 4.95. The van der Waals surface area contributed by atoms with E-state index >= 15 is 0 Å². The number of rotatable bonds is 2. The minimum atomic E-state index is 0.0572. The summed E-state index contributed by atoms with van der Waals surface area (Å²) in [6, 6.07) is 8.18. The predicted molar refractivity (Wildman–Crippen MR) is 77.3 cm³/mol. The highest BCUT2D eigenvalue weighted by atomic mass is 16.1. The van der Waals surface area contributed by atoms with Crippen LogP contribution < -0.4 is 10.6 Å². The second-order valence-corrected chi connectivity index (χ2v) is 4.95. The Balaban J connectivity index is 2.11. The molecule has 1 aliphatic rings. The number of aromatic nitrogens is 1. The van der Waals surface area contributed by atoms with E-state index in [-0.39, 0.29) is 11.9 Å². The van der Waals surface area contributed by atoms with Crippen molar-refractivity contribution in [3.8, 4) is 0 Å². The quantitative estimate of drug-likeness (QED) is 0.866. The van der Waals surface area contributed by atoms with Crippen LogP contribution in [0.4, 0.5) is 11.4 Å². The summed E-state index contributed by atoms with van der Waals surface area (Å²) in [5.41, 5.74) is 2.72. The maximum atomic E-state index is 11.9. The Kier molecular flexibility index (Phi) is 3.07. The maximum absolute atomic E-state index is 11.9. The third kappa shape index (κ3) is 2.26. The lowest BCUT2D eigenvalue weighted by Gasteiger charge is -2.17. The van der Waals surface area contributed by atoms with Crippen LogP contribution in [0.5, 0.6) is 0 Å². The zero-order chi connectivity index (χ0) is 13.2. The van der Waals surface area contributed by atoms with Crippen molar-refractivity contribution in [1.29, 1.82) is 0 Å². The molecule has 19 heavy (non-hydrogen) atoms. The molecule has 0 saturated carbocycles. The Labute approximate surface area is 112 Å². The lowest BCUT2D eigenvalue weighted by Crippen LogP contribution is -2.22. The Hall–Kier alpha value is -2.10. The fraction of sp³-hybridized carbons (Fsp3) is 0.333. The van der Waals surface area contributed by atoms with Gasteiger partial charge in [0.15, 0.2) is 0 Å². The molecule has 0 bridgehead atoms. The van der Waals surface area contributed by atoms with Gasteiger partial charge in [-0.05, 0) is 12.5 Å². The summed E-state index contributed by atoms with van der Waals surface area (Å²) >= 11 is 0. The topological polar surface area (TPSA) is 54.0 Å². The number of carbonyl (C=O) groups excluding carboxylic acids is 1. The van der Waals surface area contributed by atoms with Gasteiger partial charge >= 0.3 is 0 Å². The van der Waals surface area contributed by atoms with Crippen molar-refractivity contribution in [2.45, 2.75) is 32.2 Å². The number of para-hydroxylation sites is 1. The summed E-state index contributed by atoms with van der Waals surface area (Å²) < 4.78 is 0. The van der Waals surface area contributed by atoms with Crippen molar-refractivity contribution in [1.82, 2.24) is 4.98 Å². The standard InChI is InChI=1S/C15H17N3O/c1-2-5-10-8-14(19)18-13-9-16-12-7-4-3-6-11(12)15(13)17-10/h3-4,6-7,9-10,17H,2,5,8H2,1H3,(H,18,19). The number of benzene rings is 1. The van der Waals surface area contributed by atoms with Gasteiger partial charge in [-0.2, -0.15) is 0 Å².